The molecule has 1 aromatic carbocycles. The summed E-state index contributed by atoms with van der Waals surface area (Å²) >= 11 is 0. The van der Waals surface area contributed by atoms with Gasteiger partial charge in [0.15, 0.2) is 0 Å². The van der Waals surface area contributed by atoms with Crippen molar-refractivity contribution in [2.24, 2.45) is 17.8 Å². The van der Waals surface area contributed by atoms with Crippen LogP contribution in [0.15, 0.2) is 24.3 Å². The molecule has 5 rings (SSSR count). The number of rotatable bonds is 3. The molecule has 0 saturated carbocycles. The number of amides is 1. The molecule has 26 heavy (non-hydrogen) atoms. The van der Waals surface area contributed by atoms with E-state index in [1.165, 1.54) is 49.9 Å². The maximum Gasteiger partial charge on any atom is 0.223 e. The number of nitrogens with one attached hydrogen (secondary N) is 2. The lowest BCUT2D eigenvalue weighted by Crippen LogP contribution is -2.65. The second-order valence-electron chi connectivity index (χ2n) is 8.90. The second-order valence-corrected chi connectivity index (χ2v) is 8.90. The van der Waals surface area contributed by atoms with Crippen LogP contribution in [0.5, 0.6) is 0 Å². The lowest BCUT2D eigenvalue weighted by molar-refractivity contribution is -0.125. The Kier molecular flexibility index (Phi) is 4.49. The first-order valence-electron chi connectivity index (χ1n) is 10.6. The van der Waals surface area contributed by atoms with E-state index in [1.807, 2.05) is 0 Å². The molecular weight excluding hydrogens is 322 g/mol. The first kappa shape index (κ1) is 16.8. The highest BCUT2D eigenvalue weighted by Crippen LogP contribution is 2.38. The van der Waals surface area contributed by atoms with E-state index in [1.54, 1.807) is 0 Å². The minimum Gasteiger partial charge on any atom is -0.354 e. The first-order valence-corrected chi connectivity index (χ1v) is 10.6. The Bertz CT molecular complexity index is 650. The Morgan fingerprint density at radius 3 is 2.69 bits per heavy atom. The van der Waals surface area contributed by atoms with E-state index < -0.39 is 0 Å². The summed E-state index contributed by atoms with van der Waals surface area (Å²) in [7, 11) is 0. The van der Waals surface area contributed by atoms with Gasteiger partial charge in [-0.05, 0) is 74.7 Å². The van der Waals surface area contributed by atoms with Gasteiger partial charge in [0.2, 0.25) is 5.91 Å². The van der Waals surface area contributed by atoms with Crippen LogP contribution in [0, 0.1) is 17.8 Å². The molecule has 3 fully saturated rings. The molecule has 4 heteroatoms. The first-order chi connectivity index (χ1) is 12.8. The van der Waals surface area contributed by atoms with Gasteiger partial charge < -0.3 is 10.6 Å². The maximum atomic E-state index is 12.8. The topological polar surface area (TPSA) is 44.4 Å². The normalized spacial score (nSPS) is 34.2. The summed E-state index contributed by atoms with van der Waals surface area (Å²) in [5.41, 5.74) is 2.72. The fourth-order valence-electron chi connectivity index (χ4n) is 6.14. The van der Waals surface area contributed by atoms with Gasteiger partial charge in [0.1, 0.15) is 0 Å². The zero-order valence-corrected chi connectivity index (χ0v) is 15.6. The summed E-state index contributed by atoms with van der Waals surface area (Å²) in [5.74, 6) is 1.92. The van der Waals surface area contributed by atoms with Crippen LogP contribution in [0.1, 0.15) is 36.8 Å². The van der Waals surface area contributed by atoms with Gasteiger partial charge in [-0.25, -0.2) is 0 Å². The third kappa shape index (κ3) is 2.97. The van der Waals surface area contributed by atoms with Crippen LogP contribution >= 0.6 is 0 Å². The quantitative estimate of drug-likeness (QED) is 0.873. The van der Waals surface area contributed by atoms with Crippen molar-refractivity contribution in [3.05, 3.63) is 35.4 Å². The number of hydrogen-bond donors (Lipinski definition) is 2. The Balaban J connectivity index is 1.23. The van der Waals surface area contributed by atoms with Gasteiger partial charge in [-0.3, -0.25) is 9.69 Å². The van der Waals surface area contributed by atoms with Crippen molar-refractivity contribution in [3.8, 4) is 0 Å². The Hall–Kier alpha value is -1.39. The average Bonchev–Trinajstić information content (AvgIpc) is 3.12. The van der Waals surface area contributed by atoms with E-state index in [2.05, 4.69) is 39.8 Å². The third-order valence-electron chi connectivity index (χ3n) is 7.43. The van der Waals surface area contributed by atoms with Gasteiger partial charge in [-0.1, -0.05) is 30.7 Å². The SMILES string of the molecule is O=C(NC[C@H]1[C@@H]2CNC[C@@H](C2)[C@@H]2CCCCN21)C1Cc2ccccc2C1. The fraction of sp³-hybridized carbons (Fsp3) is 0.682. The largest absolute Gasteiger partial charge is 0.354 e. The predicted molar refractivity (Wildman–Crippen MR) is 103 cm³/mol. The van der Waals surface area contributed by atoms with Crippen LogP contribution < -0.4 is 10.6 Å². The summed E-state index contributed by atoms with van der Waals surface area (Å²) in [5, 5.41) is 7.02. The molecule has 2 bridgehead atoms. The lowest BCUT2D eigenvalue weighted by Gasteiger charge is -2.55. The van der Waals surface area contributed by atoms with Gasteiger partial charge in [-0.15, -0.1) is 0 Å². The van der Waals surface area contributed by atoms with E-state index in [-0.39, 0.29) is 11.8 Å². The zero-order valence-electron chi connectivity index (χ0n) is 15.6. The molecule has 3 aliphatic heterocycles. The van der Waals surface area contributed by atoms with Gasteiger partial charge >= 0.3 is 0 Å². The number of piperidine rings is 3. The molecular formula is C22H31N3O. The molecule has 0 aromatic heterocycles. The Morgan fingerprint density at radius 2 is 1.88 bits per heavy atom. The highest BCUT2D eigenvalue weighted by atomic mass is 16.1. The summed E-state index contributed by atoms with van der Waals surface area (Å²) in [6.45, 7) is 4.38. The Morgan fingerprint density at radius 1 is 1.12 bits per heavy atom. The van der Waals surface area contributed by atoms with Gasteiger partial charge in [-0.2, -0.15) is 0 Å². The van der Waals surface area contributed by atoms with E-state index in [9.17, 15) is 4.79 Å². The molecule has 0 radical (unpaired) electrons. The van der Waals surface area contributed by atoms with Crippen LogP contribution in [-0.4, -0.2) is 49.1 Å². The molecule has 0 spiro atoms. The van der Waals surface area contributed by atoms with E-state index in [0.29, 0.717) is 12.0 Å². The van der Waals surface area contributed by atoms with E-state index >= 15 is 0 Å². The summed E-state index contributed by atoms with van der Waals surface area (Å²) in [6.07, 6.45) is 7.22. The maximum absolute atomic E-state index is 12.8. The van der Waals surface area contributed by atoms with Crippen LogP contribution in [-0.2, 0) is 17.6 Å². The number of carbonyl (C=O) groups is 1. The number of nitrogens with zero attached hydrogens (tertiary/aromatic N) is 1. The molecule has 0 unspecified atom stereocenters. The van der Waals surface area contributed by atoms with Gasteiger partial charge in [0, 0.05) is 24.5 Å². The monoisotopic (exact) mass is 353 g/mol. The average molecular weight is 354 g/mol. The molecule has 1 aliphatic carbocycles. The van der Waals surface area contributed by atoms with Crippen molar-refractivity contribution in [2.45, 2.75) is 50.6 Å². The zero-order chi connectivity index (χ0) is 17.5. The molecule has 1 amide bonds. The van der Waals surface area contributed by atoms with E-state index in [4.69, 9.17) is 0 Å². The molecule has 4 nitrogen and oxygen atoms in total. The minimum atomic E-state index is 0.130. The van der Waals surface area contributed by atoms with Crippen molar-refractivity contribution in [2.75, 3.05) is 26.2 Å². The molecule has 2 N–H and O–H groups in total. The smallest absolute Gasteiger partial charge is 0.223 e. The van der Waals surface area contributed by atoms with Crippen molar-refractivity contribution >= 4 is 5.91 Å². The Labute approximate surface area is 156 Å². The molecule has 3 saturated heterocycles. The number of carbonyl (C=O) groups excluding carboxylic acids is 1. The van der Waals surface area contributed by atoms with Crippen molar-refractivity contribution in [1.82, 2.24) is 15.5 Å². The number of hydrogen-bond acceptors (Lipinski definition) is 3. The summed E-state index contributed by atoms with van der Waals surface area (Å²) < 4.78 is 0. The van der Waals surface area contributed by atoms with Crippen molar-refractivity contribution in [3.63, 3.8) is 0 Å². The van der Waals surface area contributed by atoms with Crippen molar-refractivity contribution in [1.29, 1.82) is 0 Å². The fourth-order valence-corrected chi connectivity index (χ4v) is 6.14. The number of fused-ring (bicyclic) bond motifs is 5. The van der Waals surface area contributed by atoms with Crippen LogP contribution in [0.3, 0.4) is 0 Å². The molecule has 4 atom stereocenters. The molecule has 3 heterocycles. The van der Waals surface area contributed by atoms with Crippen LogP contribution in [0.2, 0.25) is 0 Å². The molecule has 4 aliphatic rings. The van der Waals surface area contributed by atoms with Crippen molar-refractivity contribution < 1.29 is 4.79 Å². The summed E-state index contributed by atoms with van der Waals surface area (Å²) in [4.78, 5) is 15.6. The minimum absolute atomic E-state index is 0.130. The van der Waals surface area contributed by atoms with Gasteiger partial charge in [0.25, 0.3) is 0 Å². The van der Waals surface area contributed by atoms with Gasteiger partial charge in [0.05, 0.1) is 0 Å². The second kappa shape index (κ2) is 6.97. The summed E-state index contributed by atoms with van der Waals surface area (Å²) in [6, 6.07) is 9.79. The van der Waals surface area contributed by atoms with Crippen LogP contribution in [0.4, 0.5) is 0 Å². The standard InChI is InChI=1S/C22H31N3O/c26-22(17-9-15-5-1-2-6-16(15)10-17)24-14-21-19-11-18(12-23-13-19)20-7-3-4-8-25(20)21/h1-2,5-6,17-21,23H,3-4,7-14H2,(H,24,26)/t18-,19+,20+,21+/m1/s1. The van der Waals surface area contributed by atoms with Crippen LogP contribution in [0.25, 0.3) is 0 Å². The lowest BCUT2D eigenvalue weighted by atomic mass is 9.73. The third-order valence-corrected chi connectivity index (χ3v) is 7.43. The molecule has 140 valence electrons. The number of benzene rings is 1. The van der Waals surface area contributed by atoms with E-state index in [0.717, 1.165) is 37.9 Å². The molecule has 1 aromatic rings. The highest BCUT2D eigenvalue weighted by molar-refractivity contribution is 5.80. The highest BCUT2D eigenvalue weighted by Gasteiger charge is 2.45. The predicted octanol–water partition coefficient (Wildman–Crippen LogP) is 1.98.